The number of hydrogen-bond acceptors (Lipinski definition) is 4. The third kappa shape index (κ3) is 6.00. The Hall–Kier alpha value is -3.83. The van der Waals surface area contributed by atoms with Gasteiger partial charge < -0.3 is 15.0 Å². The second kappa shape index (κ2) is 10.6. The van der Waals surface area contributed by atoms with Crippen molar-refractivity contribution in [2.45, 2.75) is 19.0 Å². The van der Waals surface area contributed by atoms with E-state index in [0.29, 0.717) is 32.7 Å². The van der Waals surface area contributed by atoms with Crippen molar-refractivity contribution >= 4 is 17.7 Å². The van der Waals surface area contributed by atoms with Crippen LogP contribution >= 0.6 is 0 Å². The molecule has 1 aliphatic carbocycles. The van der Waals surface area contributed by atoms with Crippen LogP contribution < -0.4 is 5.32 Å². The Balaban J connectivity index is 1.65. The van der Waals surface area contributed by atoms with Crippen LogP contribution in [0.4, 0.5) is 18.9 Å². The normalized spacial score (nSPS) is 18.1. The number of benzene rings is 2. The zero-order valence-electron chi connectivity index (χ0n) is 18.9. The molecule has 1 heterocycles. The average molecular weight is 480 g/mol. The maximum absolute atomic E-state index is 13.0. The highest BCUT2D eigenvalue weighted by molar-refractivity contribution is 6.07. The van der Waals surface area contributed by atoms with E-state index >= 15 is 0 Å². The van der Waals surface area contributed by atoms with Crippen LogP contribution in [-0.4, -0.2) is 37.1 Å². The fourth-order valence-corrected chi connectivity index (χ4v) is 4.23. The molecule has 0 bridgehead atoms. The number of nitrogens with one attached hydrogen (secondary N) is 1. The first kappa shape index (κ1) is 24.3. The summed E-state index contributed by atoms with van der Waals surface area (Å²) in [6.45, 7) is 2.55. The van der Waals surface area contributed by atoms with E-state index in [-0.39, 0.29) is 11.3 Å². The second-order valence-corrected chi connectivity index (χ2v) is 8.26. The lowest BCUT2D eigenvalue weighted by Crippen LogP contribution is -2.36. The molecule has 2 aliphatic rings. The van der Waals surface area contributed by atoms with Crippen LogP contribution in [0, 0.1) is 11.3 Å². The first-order valence-corrected chi connectivity index (χ1v) is 11.3. The smallest absolute Gasteiger partial charge is 0.378 e. The topological polar surface area (TPSA) is 65.4 Å². The highest BCUT2D eigenvalue weighted by Gasteiger charge is 2.31. The van der Waals surface area contributed by atoms with E-state index < -0.39 is 17.6 Å². The van der Waals surface area contributed by atoms with Gasteiger partial charge >= 0.3 is 6.18 Å². The SMILES string of the molecule is N#C/C(=C\C1=C(N2CCOCC2)C(=C/c2ccccc2)/CC1)C(=O)Nc1cccc(C(F)(F)F)c1. The number of carbonyl (C=O) groups is 1. The van der Waals surface area contributed by atoms with Crippen molar-refractivity contribution in [2.24, 2.45) is 0 Å². The van der Waals surface area contributed by atoms with Gasteiger partial charge in [-0.1, -0.05) is 36.4 Å². The van der Waals surface area contributed by atoms with E-state index in [4.69, 9.17) is 4.74 Å². The van der Waals surface area contributed by atoms with Crippen LogP contribution in [0.2, 0.25) is 0 Å². The standard InChI is InChI=1S/C27H24F3N3O2/c28-27(29,30)23-7-4-8-24(17-23)32-26(34)22(18-31)16-21-10-9-20(15-19-5-2-1-3-6-19)25(21)33-11-13-35-14-12-33/h1-8,15-17H,9-14H2,(H,32,34)/b20-15+,22-16+. The van der Waals surface area contributed by atoms with E-state index in [0.717, 1.165) is 41.0 Å². The Morgan fingerprint density at radius 2 is 1.80 bits per heavy atom. The summed E-state index contributed by atoms with van der Waals surface area (Å²) >= 11 is 0. The van der Waals surface area contributed by atoms with E-state index in [2.05, 4.69) is 16.3 Å². The van der Waals surface area contributed by atoms with Crippen molar-refractivity contribution in [1.29, 1.82) is 5.26 Å². The van der Waals surface area contributed by atoms with Crippen LogP contribution in [-0.2, 0) is 15.7 Å². The maximum atomic E-state index is 13.0. The summed E-state index contributed by atoms with van der Waals surface area (Å²) in [6.07, 6.45) is 0.534. The summed E-state index contributed by atoms with van der Waals surface area (Å²) in [6, 6.07) is 16.2. The molecule has 4 rings (SSSR count). The highest BCUT2D eigenvalue weighted by atomic mass is 19.4. The molecule has 1 N–H and O–H groups in total. The lowest BCUT2D eigenvalue weighted by molar-refractivity contribution is -0.137. The quantitative estimate of drug-likeness (QED) is 0.451. The van der Waals surface area contributed by atoms with Crippen LogP contribution in [0.15, 0.2) is 83.1 Å². The number of carbonyl (C=O) groups excluding carboxylic acids is 1. The predicted molar refractivity (Wildman–Crippen MR) is 127 cm³/mol. The van der Waals surface area contributed by atoms with Crippen molar-refractivity contribution < 1.29 is 22.7 Å². The maximum Gasteiger partial charge on any atom is 0.416 e. The van der Waals surface area contributed by atoms with Gasteiger partial charge in [0.25, 0.3) is 5.91 Å². The van der Waals surface area contributed by atoms with E-state index in [9.17, 15) is 23.2 Å². The summed E-state index contributed by atoms with van der Waals surface area (Å²) in [4.78, 5) is 15.0. The van der Waals surface area contributed by atoms with Crippen molar-refractivity contribution in [3.63, 3.8) is 0 Å². The molecule has 1 amide bonds. The minimum atomic E-state index is -4.53. The first-order valence-electron chi connectivity index (χ1n) is 11.3. The fraction of sp³-hybridized carbons (Fsp3) is 0.259. The van der Waals surface area contributed by atoms with Gasteiger partial charge in [-0.15, -0.1) is 0 Å². The van der Waals surface area contributed by atoms with Gasteiger partial charge in [0.1, 0.15) is 11.6 Å². The lowest BCUT2D eigenvalue weighted by atomic mass is 10.1. The molecule has 0 unspecified atom stereocenters. The van der Waals surface area contributed by atoms with Crippen LogP contribution in [0.25, 0.3) is 6.08 Å². The molecule has 1 fully saturated rings. The van der Waals surface area contributed by atoms with Gasteiger partial charge in [-0.3, -0.25) is 4.79 Å². The summed E-state index contributed by atoms with van der Waals surface area (Å²) < 4.78 is 44.5. The number of amides is 1. The molecule has 2 aromatic carbocycles. The third-order valence-electron chi connectivity index (χ3n) is 5.87. The number of ether oxygens (including phenoxy) is 1. The Bertz CT molecular complexity index is 1220. The zero-order chi connectivity index (χ0) is 24.8. The minimum absolute atomic E-state index is 0.0237. The van der Waals surface area contributed by atoms with Crippen LogP contribution in [0.3, 0.4) is 0 Å². The van der Waals surface area contributed by atoms with Gasteiger partial charge in [-0.2, -0.15) is 18.4 Å². The molecule has 180 valence electrons. The molecule has 35 heavy (non-hydrogen) atoms. The molecule has 5 nitrogen and oxygen atoms in total. The molecule has 0 spiro atoms. The Kier molecular flexibility index (Phi) is 7.37. The van der Waals surface area contributed by atoms with Crippen LogP contribution in [0.1, 0.15) is 24.0 Å². The number of nitrogens with zero attached hydrogens (tertiary/aromatic N) is 2. The number of morpholine rings is 1. The monoisotopic (exact) mass is 479 g/mol. The number of anilines is 1. The van der Waals surface area contributed by atoms with Crippen molar-refractivity contribution in [2.75, 3.05) is 31.6 Å². The number of allylic oxidation sites excluding steroid dienone is 3. The van der Waals surface area contributed by atoms with E-state index in [1.807, 2.05) is 36.4 Å². The third-order valence-corrected chi connectivity index (χ3v) is 5.87. The lowest BCUT2D eigenvalue weighted by Gasteiger charge is -2.31. The van der Waals surface area contributed by atoms with Gasteiger partial charge in [-0.05, 0) is 59.9 Å². The molecular formula is C27H24F3N3O2. The Morgan fingerprint density at radius 1 is 1.06 bits per heavy atom. The zero-order valence-corrected chi connectivity index (χ0v) is 18.9. The Labute approximate surface area is 201 Å². The second-order valence-electron chi connectivity index (χ2n) is 8.26. The van der Waals surface area contributed by atoms with Gasteiger partial charge in [-0.25, -0.2) is 0 Å². The molecule has 0 radical (unpaired) electrons. The summed E-state index contributed by atoms with van der Waals surface area (Å²) in [5.41, 5.74) is 2.94. The van der Waals surface area contributed by atoms with Gasteiger partial charge in [0.2, 0.25) is 0 Å². The molecule has 0 saturated carbocycles. The number of alkyl halides is 3. The van der Waals surface area contributed by atoms with E-state index in [1.54, 1.807) is 6.08 Å². The van der Waals surface area contributed by atoms with Gasteiger partial charge in [0.15, 0.2) is 0 Å². The van der Waals surface area contributed by atoms with Gasteiger partial charge in [0, 0.05) is 24.5 Å². The number of halogens is 3. The highest BCUT2D eigenvalue weighted by Crippen LogP contribution is 2.37. The summed E-state index contributed by atoms with van der Waals surface area (Å²) in [5, 5.41) is 12.1. The predicted octanol–water partition coefficient (Wildman–Crippen LogP) is 5.56. The molecule has 8 heteroatoms. The molecular weight excluding hydrogens is 455 g/mol. The number of hydrogen-bond donors (Lipinski definition) is 1. The molecule has 1 saturated heterocycles. The van der Waals surface area contributed by atoms with Crippen molar-refractivity contribution in [1.82, 2.24) is 4.90 Å². The number of nitriles is 1. The van der Waals surface area contributed by atoms with E-state index in [1.165, 1.54) is 12.1 Å². The minimum Gasteiger partial charge on any atom is -0.378 e. The molecule has 2 aromatic rings. The molecule has 0 aromatic heterocycles. The average Bonchev–Trinajstić information content (AvgIpc) is 3.25. The Morgan fingerprint density at radius 3 is 2.49 bits per heavy atom. The largest absolute Gasteiger partial charge is 0.416 e. The fourth-order valence-electron chi connectivity index (χ4n) is 4.23. The number of rotatable bonds is 5. The molecule has 1 aliphatic heterocycles. The summed E-state index contributed by atoms with van der Waals surface area (Å²) in [7, 11) is 0. The summed E-state index contributed by atoms with van der Waals surface area (Å²) in [5.74, 6) is -0.749. The molecule has 0 atom stereocenters. The van der Waals surface area contributed by atoms with Crippen molar-refractivity contribution in [3.05, 3.63) is 94.2 Å². The van der Waals surface area contributed by atoms with Gasteiger partial charge in [0.05, 0.1) is 18.8 Å². The first-order chi connectivity index (χ1) is 16.8. The van der Waals surface area contributed by atoms with Crippen LogP contribution in [0.5, 0.6) is 0 Å². The van der Waals surface area contributed by atoms with Crippen molar-refractivity contribution in [3.8, 4) is 6.07 Å².